The van der Waals surface area contributed by atoms with Gasteiger partial charge in [-0.3, -0.25) is 4.79 Å². The second kappa shape index (κ2) is 7.99. The standard InChI is InChI=1S/C10H17NO4/c1-4-10(13)14-8-6-5-7-11(3)15-9(2)12/h4H,1,5-8H2,2-3H3. The number of nitrogens with zero attached hydrogens (tertiary/aromatic N) is 1. The number of unbranched alkanes of at least 4 members (excludes halogenated alkanes) is 1. The molecule has 0 heterocycles. The fourth-order valence-electron chi connectivity index (χ4n) is 0.933. The molecule has 0 N–H and O–H groups in total. The molecule has 5 heteroatoms. The smallest absolute Gasteiger partial charge is 0.330 e. The highest BCUT2D eigenvalue weighted by Gasteiger charge is 2.01. The molecule has 0 spiro atoms. The number of esters is 1. The topological polar surface area (TPSA) is 55.8 Å². The number of carbonyl (C=O) groups excluding carboxylic acids is 2. The molecule has 0 aliphatic carbocycles. The van der Waals surface area contributed by atoms with Crippen molar-refractivity contribution < 1.29 is 19.2 Å². The van der Waals surface area contributed by atoms with Crippen molar-refractivity contribution in [3.8, 4) is 0 Å². The maximum atomic E-state index is 10.6. The zero-order chi connectivity index (χ0) is 11.7. The first-order valence-electron chi connectivity index (χ1n) is 4.75. The fourth-order valence-corrected chi connectivity index (χ4v) is 0.933. The number of hydroxylamine groups is 2. The predicted molar refractivity (Wildman–Crippen MR) is 54.8 cm³/mol. The SMILES string of the molecule is C=CC(=O)OCCCCN(C)OC(C)=O. The summed E-state index contributed by atoms with van der Waals surface area (Å²) in [6.07, 6.45) is 2.64. The molecule has 0 atom stereocenters. The lowest BCUT2D eigenvalue weighted by molar-refractivity contribution is -0.181. The number of hydrogen-bond donors (Lipinski definition) is 0. The molecule has 0 saturated heterocycles. The highest BCUT2D eigenvalue weighted by atomic mass is 16.7. The molecule has 0 aromatic carbocycles. The van der Waals surface area contributed by atoms with E-state index in [-0.39, 0.29) is 5.97 Å². The van der Waals surface area contributed by atoms with E-state index in [2.05, 4.69) is 6.58 Å². The van der Waals surface area contributed by atoms with E-state index in [4.69, 9.17) is 9.57 Å². The Balaban J connectivity index is 3.34. The molecule has 0 bridgehead atoms. The normalized spacial score (nSPS) is 9.80. The van der Waals surface area contributed by atoms with Crippen LogP contribution in [0.1, 0.15) is 19.8 Å². The van der Waals surface area contributed by atoms with E-state index < -0.39 is 5.97 Å². The van der Waals surface area contributed by atoms with Crippen molar-refractivity contribution in [1.82, 2.24) is 5.06 Å². The summed E-state index contributed by atoms with van der Waals surface area (Å²) < 4.78 is 4.77. The van der Waals surface area contributed by atoms with Gasteiger partial charge >= 0.3 is 11.9 Å². The van der Waals surface area contributed by atoms with Crippen LogP contribution in [-0.4, -0.2) is 37.2 Å². The van der Waals surface area contributed by atoms with Gasteiger partial charge < -0.3 is 9.57 Å². The monoisotopic (exact) mass is 215 g/mol. The average molecular weight is 215 g/mol. The van der Waals surface area contributed by atoms with Crippen LogP contribution in [0.2, 0.25) is 0 Å². The van der Waals surface area contributed by atoms with Crippen molar-refractivity contribution in [2.45, 2.75) is 19.8 Å². The second-order valence-electron chi connectivity index (χ2n) is 3.01. The second-order valence-corrected chi connectivity index (χ2v) is 3.01. The number of hydrogen-bond acceptors (Lipinski definition) is 5. The Kier molecular flexibility index (Phi) is 7.27. The van der Waals surface area contributed by atoms with E-state index in [0.29, 0.717) is 13.2 Å². The first kappa shape index (κ1) is 13.6. The third-order valence-electron chi connectivity index (χ3n) is 1.56. The highest BCUT2D eigenvalue weighted by Crippen LogP contribution is 1.95. The molecule has 0 aliphatic heterocycles. The van der Waals surface area contributed by atoms with E-state index in [1.54, 1.807) is 7.05 Å². The van der Waals surface area contributed by atoms with Crippen LogP contribution in [-0.2, 0) is 19.2 Å². The first-order valence-corrected chi connectivity index (χ1v) is 4.75. The molecule has 0 fully saturated rings. The minimum absolute atomic E-state index is 0.337. The molecule has 0 aromatic heterocycles. The van der Waals surface area contributed by atoms with Crippen LogP contribution >= 0.6 is 0 Å². The summed E-state index contributed by atoms with van der Waals surface area (Å²) in [5, 5.41) is 1.46. The lowest BCUT2D eigenvalue weighted by atomic mass is 10.3. The zero-order valence-corrected chi connectivity index (χ0v) is 9.19. The molecular formula is C10H17NO4. The van der Waals surface area contributed by atoms with E-state index in [0.717, 1.165) is 18.9 Å². The van der Waals surface area contributed by atoms with Crippen molar-refractivity contribution in [2.75, 3.05) is 20.2 Å². The van der Waals surface area contributed by atoms with Crippen LogP contribution in [0.5, 0.6) is 0 Å². The van der Waals surface area contributed by atoms with Gasteiger partial charge in [-0.25, -0.2) is 4.79 Å². The summed E-state index contributed by atoms with van der Waals surface area (Å²) in [7, 11) is 1.68. The van der Waals surface area contributed by atoms with Crippen molar-refractivity contribution >= 4 is 11.9 Å². The highest BCUT2D eigenvalue weighted by molar-refractivity contribution is 5.81. The maximum Gasteiger partial charge on any atom is 0.330 e. The molecule has 0 rings (SSSR count). The third kappa shape index (κ3) is 8.96. The molecule has 0 amide bonds. The van der Waals surface area contributed by atoms with Gasteiger partial charge in [0.05, 0.1) is 6.61 Å². The summed E-state index contributed by atoms with van der Waals surface area (Å²) >= 11 is 0. The Labute approximate surface area is 89.6 Å². The van der Waals surface area contributed by atoms with Crippen molar-refractivity contribution in [1.29, 1.82) is 0 Å². The van der Waals surface area contributed by atoms with Crippen molar-refractivity contribution in [2.24, 2.45) is 0 Å². The van der Waals surface area contributed by atoms with Gasteiger partial charge in [0.2, 0.25) is 0 Å². The summed E-state index contributed by atoms with van der Waals surface area (Å²) in [5.74, 6) is -0.751. The van der Waals surface area contributed by atoms with E-state index in [1.807, 2.05) is 0 Å². The van der Waals surface area contributed by atoms with Crippen LogP contribution in [0.4, 0.5) is 0 Å². The van der Waals surface area contributed by atoms with Gasteiger partial charge in [0.15, 0.2) is 0 Å². The van der Waals surface area contributed by atoms with Gasteiger partial charge in [-0.15, -0.1) is 5.06 Å². The lowest BCUT2D eigenvalue weighted by Crippen LogP contribution is -2.23. The lowest BCUT2D eigenvalue weighted by Gasteiger charge is -2.14. The van der Waals surface area contributed by atoms with Gasteiger partial charge in [0.25, 0.3) is 0 Å². The predicted octanol–water partition coefficient (Wildman–Crippen LogP) is 0.906. The molecular weight excluding hydrogens is 198 g/mol. The zero-order valence-electron chi connectivity index (χ0n) is 9.19. The first-order chi connectivity index (χ1) is 7.06. The molecule has 5 nitrogen and oxygen atoms in total. The number of carbonyl (C=O) groups is 2. The number of rotatable bonds is 7. The van der Waals surface area contributed by atoms with Gasteiger partial charge in [-0.05, 0) is 12.8 Å². The fraction of sp³-hybridized carbons (Fsp3) is 0.600. The summed E-state index contributed by atoms with van der Waals surface area (Å²) in [6.45, 7) is 5.61. The molecule has 0 radical (unpaired) electrons. The maximum absolute atomic E-state index is 10.6. The molecule has 15 heavy (non-hydrogen) atoms. The van der Waals surface area contributed by atoms with Crippen LogP contribution in [0.3, 0.4) is 0 Å². The van der Waals surface area contributed by atoms with Gasteiger partial charge in [0, 0.05) is 26.6 Å². The quantitative estimate of drug-likeness (QED) is 0.273. The Morgan fingerprint density at radius 3 is 2.60 bits per heavy atom. The van der Waals surface area contributed by atoms with E-state index >= 15 is 0 Å². The minimum Gasteiger partial charge on any atom is -0.463 e. The Hall–Kier alpha value is -1.36. The summed E-state index contributed by atoms with van der Waals surface area (Å²) in [6, 6.07) is 0. The van der Waals surface area contributed by atoms with Crippen LogP contribution < -0.4 is 0 Å². The van der Waals surface area contributed by atoms with Crippen molar-refractivity contribution in [3.63, 3.8) is 0 Å². The Bertz CT molecular complexity index is 227. The number of ether oxygens (including phenoxy) is 1. The van der Waals surface area contributed by atoms with Crippen molar-refractivity contribution in [3.05, 3.63) is 12.7 Å². The molecule has 0 aliphatic rings. The Morgan fingerprint density at radius 2 is 2.07 bits per heavy atom. The largest absolute Gasteiger partial charge is 0.463 e. The van der Waals surface area contributed by atoms with E-state index in [1.165, 1.54) is 12.0 Å². The summed E-state index contributed by atoms with van der Waals surface area (Å²) in [5.41, 5.74) is 0. The molecule has 0 saturated carbocycles. The van der Waals surface area contributed by atoms with Gasteiger partial charge in [-0.2, -0.15) is 0 Å². The van der Waals surface area contributed by atoms with Gasteiger partial charge in [0.1, 0.15) is 0 Å². The van der Waals surface area contributed by atoms with Gasteiger partial charge in [-0.1, -0.05) is 6.58 Å². The molecule has 0 unspecified atom stereocenters. The minimum atomic E-state index is -0.414. The molecule has 0 aromatic rings. The van der Waals surface area contributed by atoms with Crippen LogP contribution in [0.25, 0.3) is 0 Å². The van der Waals surface area contributed by atoms with E-state index in [9.17, 15) is 9.59 Å². The Morgan fingerprint density at radius 1 is 1.40 bits per heavy atom. The summed E-state index contributed by atoms with van der Waals surface area (Å²) in [4.78, 5) is 25.9. The van der Waals surface area contributed by atoms with Crippen LogP contribution in [0, 0.1) is 0 Å². The molecule has 86 valence electrons. The third-order valence-corrected chi connectivity index (χ3v) is 1.56. The van der Waals surface area contributed by atoms with Crippen LogP contribution in [0.15, 0.2) is 12.7 Å². The average Bonchev–Trinajstić information content (AvgIpc) is 2.15.